The average Bonchev–Trinajstić information content (AvgIpc) is 3.31. The molecule has 0 unspecified atom stereocenters. The Labute approximate surface area is 143 Å². The molecule has 1 saturated heterocycles. The van der Waals surface area contributed by atoms with Crippen LogP contribution in [0, 0.1) is 6.92 Å². The Balaban J connectivity index is 1.50. The van der Waals surface area contributed by atoms with E-state index in [-0.39, 0.29) is 17.6 Å². The van der Waals surface area contributed by atoms with E-state index in [1.807, 2.05) is 18.2 Å². The molecule has 8 heteroatoms. The van der Waals surface area contributed by atoms with Gasteiger partial charge in [0.15, 0.2) is 5.82 Å². The topological polar surface area (TPSA) is 98.2 Å². The van der Waals surface area contributed by atoms with Gasteiger partial charge in [-0.05, 0) is 31.9 Å². The molecule has 0 aliphatic carbocycles. The minimum absolute atomic E-state index is 0.0305. The quantitative estimate of drug-likeness (QED) is 0.722. The first-order chi connectivity index (χ1) is 12.2. The summed E-state index contributed by atoms with van der Waals surface area (Å²) in [6.45, 7) is 3.00. The van der Waals surface area contributed by atoms with Crippen molar-refractivity contribution < 1.29 is 13.8 Å². The number of pyridine rings is 1. The molecule has 3 aromatic rings. The maximum atomic E-state index is 12.5. The van der Waals surface area contributed by atoms with Crippen LogP contribution in [0.15, 0.2) is 39.5 Å². The number of carbonyl (C=O) groups is 1. The van der Waals surface area contributed by atoms with E-state index in [9.17, 15) is 4.79 Å². The van der Waals surface area contributed by atoms with Crippen LogP contribution in [0.1, 0.15) is 40.8 Å². The molecule has 1 fully saturated rings. The predicted molar refractivity (Wildman–Crippen MR) is 86.6 cm³/mol. The largest absolute Gasteiger partial charge is 0.351 e. The molecule has 4 heterocycles. The number of amides is 1. The molecule has 1 aliphatic heterocycles. The molecule has 8 nitrogen and oxygen atoms in total. The normalized spacial score (nSPS) is 17.6. The summed E-state index contributed by atoms with van der Waals surface area (Å²) >= 11 is 0. The van der Waals surface area contributed by atoms with Crippen LogP contribution in [-0.4, -0.2) is 44.2 Å². The van der Waals surface area contributed by atoms with Gasteiger partial charge in [-0.25, -0.2) is 0 Å². The highest BCUT2D eigenvalue weighted by molar-refractivity contribution is 5.91. The smallest absolute Gasteiger partial charge is 0.292 e. The molecule has 0 saturated carbocycles. The van der Waals surface area contributed by atoms with E-state index < -0.39 is 0 Å². The maximum Gasteiger partial charge on any atom is 0.292 e. The second-order valence-electron chi connectivity index (χ2n) is 6.10. The Morgan fingerprint density at radius 2 is 2.20 bits per heavy atom. The molecule has 0 radical (unpaired) electrons. The second-order valence-corrected chi connectivity index (χ2v) is 6.10. The molecule has 1 amide bonds. The van der Waals surface area contributed by atoms with Gasteiger partial charge in [0.25, 0.3) is 11.8 Å². The first-order valence-corrected chi connectivity index (χ1v) is 8.18. The lowest BCUT2D eigenvalue weighted by Gasteiger charge is -2.30. The highest BCUT2D eigenvalue weighted by atomic mass is 16.5. The number of likely N-dealkylation sites (tertiary alicyclic amines) is 1. The van der Waals surface area contributed by atoms with E-state index in [1.165, 1.54) is 0 Å². The number of nitrogens with zero attached hydrogens (tertiary/aromatic N) is 5. The van der Waals surface area contributed by atoms with Crippen molar-refractivity contribution in [3.8, 4) is 11.6 Å². The van der Waals surface area contributed by atoms with E-state index >= 15 is 0 Å². The fourth-order valence-corrected chi connectivity index (χ4v) is 2.99. The molecule has 3 aromatic heterocycles. The van der Waals surface area contributed by atoms with Gasteiger partial charge in [-0.15, -0.1) is 0 Å². The number of hydrogen-bond donors (Lipinski definition) is 0. The number of aryl methyl sites for hydroxylation is 1. The lowest BCUT2D eigenvalue weighted by Crippen LogP contribution is -2.39. The Morgan fingerprint density at radius 1 is 1.28 bits per heavy atom. The van der Waals surface area contributed by atoms with Gasteiger partial charge >= 0.3 is 0 Å². The fourth-order valence-electron chi connectivity index (χ4n) is 2.99. The summed E-state index contributed by atoms with van der Waals surface area (Å²) in [5.74, 6) is 1.14. The van der Waals surface area contributed by atoms with Gasteiger partial charge in [-0.1, -0.05) is 16.4 Å². The highest BCUT2D eigenvalue weighted by Gasteiger charge is 2.30. The zero-order valence-corrected chi connectivity index (χ0v) is 13.8. The van der Waals surface area contributed by atoms with Crippen molar-refractivity contribution in [1.82, 2.24) is 25.2 Å². The third-order valence-corrected chi connectivity index (χ3v) is 4.24. The zero-order valence-electron chi connectivity index (χ0n) is 13.8. The van der Waals surface area contributed by atoms with Gasteiger partial charge in [0.1, 0.15) is 5.69 Å². The monoisotopic (exact) mass is 339 g/mol. The van der Waals surface area contributed by atoms with Crippen LogP contribution in [0.25, 0.3) is 11.6 Å². The summed E-state index contributed by atoms with van der Waals surface area (Å²) in [7, 11) is 0. The van der Waals surface area contributed by atoms with Crippen LogP contribution >= 0.6 is 0 Å². The van der Waals surface area contributed by atoms with Gasteiger partial charge in [-0.3, -0.25) is 9.78 Å². The number of carbonyl (C=O) groups excluding carboxylic acids is 1. The Morgan fingerprint density at radius 3 is 2.96 bits per heavy atom. The van der Waals surface area contributed by atoms with Crippen molar-refractivity contribution in [2.75, 3.05) is 13.1 Å². The third kappa shape index (κ3) is 3.15. The summed E-state index contributed by atoms with van der Waals surface area (Å²) in [6.07, 6.45) is 3.46. The summed E-state index contributed by atoms with van der Waals surface area (Å²) in [5.41, 5.74) is 1.33. The number of aromatic nitrogens is 4. The molecule has 1 aliphatic rings. The SMILES string of the molecule is Cc1cc(C(=O)N2CCC[C@@H](c3noc(-c4ccccn4)n3)C2)on1. The third-order valence-electron chi connectivity index (χ3n) is 4.24. The van der Waals surface area contributed by atoms with Crippen LogP contribution in [-0.2, 0) is 0 Å². The lowest BCUT2D eigenvalue weighted by molar-refractivity contribution is 0.0661. The van der Waals surface area contributed by atoms with Gasteiger partial charge < -0.3 is 13.9 Å². The molecular weight excluding hydrogens is 322 g/mol. The van der Waals surface area contributed by atoms with Crippen molar-refractivity contribution in [3.63, 3.8) is 0 Å². The Kier molecular flexibility index (Phi) is 4.01. The van der Waals surface area contributed by atoms with Crippen LogP contribution < -0.4 is 0 Å². The van der Waals surface area contributed by atoms with E-state index in [2.05, 4.69) is 20.3 Å². The molecule has 0 N–H and O–H groups in total. The van der Waals surface area contributed by atoms with Crippen molar-refractivity contribution >= 4 is 5.91 Å². The van der Waals surface area contributed by atoms with Crippen molar-refractivity contribution in [2.45, 2.75) is 25.7 Å². The predicted octanol–water partition coefficient (Wildman–Crippen LogP) is 2.45. The van der Waals surface area contributed by atoms with Crippen LogP contribution in [0.4, 0.5) is 0 Å². The van der Waals surface area contributed by atoms with E-state index in [1.54, 1.807) is 24.1 Å². The van der Waals surface area contributed by atoms with Crippen molar-refractivity contribution in [2.24, 2.45) is 0 Å². The van der Waals surface area contributed by atoms with Gasteiger partial charge in [0, 0.05) is 31.3 Å². The van der Waals surface area contributed by atoms with Crippen LogP contribution in [0.2, 0.25) is 0 Å². The highest BCUT2D eigenvalue weighted by Crippen LogP contribution is 2.27. The standard InChI is InChI=1S/C17H17N5O3/c1-11-9-14(24-20-11)17(23)22-8-4-5-12(10-22)15-19-16(25-21-15)13-6-2-3-7-18-13/h2-3,6-7,9,12H,4-5,8,10H2,1H3/t12-/m1/s1. The fraction of sp³-hybridized carbons (Fsp3) is 0.353. The zero-order chi connectivity index (χ0) is 17.2. The minimum Gasteiger partial charge on any atom is -0.351 e. The van der Waals surface area contributed by atoms with Crippen molar-refractivity contribution in [1.29, 1.82) is 0 Å². The van der Waals surface area contributed by atoms with E-state index in [4.69, 9.17) is 9.05 Å². The van der Waals surface area contributed by atoms with Crippen LogP contribution in [0.5, 0.6) is 0 Å². The van der Waals surface area contributed by atoms with E-state index in [0.717, 1.165) is 12.8 Å². The van der Waals surface area contributed by atoms with Crippen LogP contribution in [0.3, 0.4) is 0 Å². The summed E-state index contributed by atoms with van der Waals surface area (Å²) in [4.78, 5) is 23.0. The number of rotatable bonds is 3. The number of hydrogen-bond acceptors (Lipinski definition) is 7. The molecule has 25 heavy (non-hydrogen) atoms. The van der Waals surface area contributed by atoms with Gasteiger partial charge in [0.2, 0.25) is 5.76 Å². The molecule has 0 aromatic carbocycles. The first-order valence-electron chi connectivity index (χ1n) is 8.18. The molecule has 4 rings (SSSR count). The Bertz CT molecular complexity index is 873. The molecule has 0 bridgehead atoms. The molecule has 128 valence electrons. The second kappa shape index (κ2) is 6.46. The maximum absolute atomic E-state index is 12.5. The average molecular weight is 339 g/mol. The minimum atomic E-state index is -0.154. The summed E-state index contributed by atoms with van der Waals surface area (Å²) in [6, 6.07) is 7.17. The Hall–Kier alpha value is -3.03. The first kappa shape index (κ1) is 15.5. The van der Waals surface area contributed by atoms with Gasteiger partial charge in [0.05, 0.1) is 5.69 Å². The van der Waals surface area contributed by atoms with Gasteiger partial charge in [-0.2, -0.15) is 4.98 Å². The van der Waals surface area contributed by atoms with E-state index in [0.29, 0.717) is 36.2 Å². The summed E-state index contributed by atoms with van der Waals surface area (Å²) < 4.78 is 10.4. The number of piperidine rings is 1. The molecule has 0 spiro atoms. The molecule has 1 atom stereocenters. The molecular formula is C17H17N5O3. The lowest BCUT2D eigenvalue weighted by atomic mass is 9.97. The summed E-state index contributed by atoms with van der Waals surface area (Å²) in [5, 5.41) is 7.86. The van der Waals surface area contributed by atoms with Crippen molar-refractivity contribution in [3.05, 3.63) is 47.7 Å².